The number of amides is 1. The number of esters is 2. The number of ether oxygens (including phenoxy) is 1. The topological polar surface area (TPSA) is 84.5 Å². The summed E-state index contributed by atoms with van der Waals surface area (Å²) in [5, 5.41) is 5.85. The third-order valence-corrected chi connectivity index (χ3v) is 5.84. The van der Waals surface area contributed by atoms with E-state index in [2.05, 4.69) is 26.6 Å². The number of nitrogens with one attached hydrogen (secondary N) is 2. The van der Waals surface area contributed by atoms with E-state index in [1.807, 2.05) is 0 Å². The fourth-order valence-electron chi connectivity index (χ4n) is 3.78. The van der Waals surface area contributed by atoms with E-state index in [4.69, 9.17) is 4.74 Å². The predicted molar refractivity (Wildman–Crippen MR) is 104 cm³/mol. The Bertz CT molecular complexity index is 680. The number of carbonyl (C=O) groups excluding carboxylic acids is 3. The summed E-state index contributed by atoms with van der Waals surface area (Å²) in [7, 11) is 0. The highest BCUT2D eigenvalue weighted by molar-refractivity contribution is 9.10. The zero-order valence-corrected chi connectivity index (χ0v) is 16.8. The molecule has 2 N–H and O–H groups in total. The maximum Gasteiger partial charge on any atom is 0.336 e. The molecule has 0 bridgehead atoms. The summed E-state index contributed by atoms with van der Waals surface area (Å²) in [5.41, 5.74) is 0.468. The van der Waals surface area contributed by atoms with Crippen molar-refractivity contribution in [1.82, 2.24) is 10.6 Å². The number of hydrogen-bond donors (Lipinski definition) is 2. The van der Waals surface area contributed by atoms with Gasteiger partial charge >= 0.3 is 11.9 Å². The highest BCUT2D eigenvalue weighted by Gasteiger charge is 2.35. The lowest BCUT2D eigenvalue weighted by molar-refractivity contribution is -0.163. The van der Waals surface area contributed by atoms with Crippen LogP contribution in [0.1, 0.15) is 55.3 Å². The highest BCUT2D eigenvalue weighted by Crippen LogP contribution is 2.27. The van der Waals surface area contributed by atoms with Crippen LogP contribution in [0, 0.1) is 5.92 Å². The molecule has 7 heteroatoms. The lowest BCUT2D eigenvalue weighted by Gasteiger charge is -2.29. The molecule has 0 aromatic heterocycles. The highest BCUT2D eigenvalue weighted by atomic mass is 79.9. The van der Waals surface area contributed by atoms with Gasteiger partial charge in [-0.2, -0.15) is 0 Å². The van der Waals surface area contributed by atoms with Crippen molar-refractivity contribution < 1.29 is 19.1 Å². The minimum Gasteiger partial charge on any atom is -0.390 e. The maximum absolute atomic E-state index is 12.7. The lowest BCUT2D eigenvalue weighted by atomic mass is 9.83. The summed E-state index contributed by atoms with van der Waals surface area (Å²) in [5.74, 6) is -1.53. The summed E-state index contributed by atoms with van der Waals surface area (Å²) in [6.45, 7) is 0.750. The molecule has 3 rings (SSSR count). The van der Waals surface area contributed by atoms with Crippen molar-refractivity contribution in [1.29, 1.82) is 0 Å². The molecule has 0 radical (unpaired) electrons. The predicted octanol–water partition coefficient (Wildman–Crippen LogP) is 2.95. The Morgan fingerprint density at radius 3 is 2.37 bits per heavy atom. The third kappa shape index (κ3) is 5.39. The normalized spacial score (nSPS) is 21.4. The summed E-state index contributed by atoms with van der Waals surface area (Å²) in [6, 6.07) is 5.71. The van der Waals surface area contributed by atoms with E-state index in [1.165, 1.54) is 0 Å². The Morgan fingerprint density at radius 2 is 1.74 bits per heavy atom. The molecule has 27 heavy (non-hydrogen) atoms. The van der Waals surface area contributed by atoms with Gasteiger partial charge in [-0.1, -0.05) is 35.2 Å². The van der Waals surface area contributed by atoms with Crippen molar-refractivity contribution >= 4 is 33.8 Å². The molecule has 1 saturated carbocycles. The largest absolute Gasteiger partial charge is 0.390 e. The average Bonchev–Trinajstić information content (AvgIpc) is 3.22. The molecule has 6 nitrogen and oxygen atoms in total. The minimum atomic E-state index is -0.799. The molecular weight excluding hydrogens is 412 g/mol. The first-order valence-corrected chi connectivity index (χ1v) is 10.4. The van der Waals surface area contributed by atoms with Crippen molar-refractivity contribution in [3.05, 3.63) is 34.3 Å². The summed E-state index contributed by atoms with van der Waals surface area (Å²) in [4.78, 5) is 37.6. The van der Waals surface area contributed by atoms with Crippen molar-refractivity contribution in [2.75, 3.05) is 6.54 Å². The number of carbonyl (C=O) groups is 3. The van der Waals surface area contributed by atoms with Gasteiger partial charge in [-0.3, -0.25) is 4.79 Å². The molecule has 1 amide bonds. The number of halogens is 1. The van der Waals surface area contributed by atoms with Gasteiger partial charge in [-0.15, -0.1) is 0 Å². The first kappa shape index (κ1) is 20.0. The molecule has 1 unspecified atom stereocenters. The van der Waals surface area contributed by atoms with Gasteiger partial charge in [0.05, 0.1) is 0 Å². The molecule has 1 aromatic carbocycles. The molecule has 2 atom stereocenters. The summed E-state index contributed by atoms with van der Waals surface area (Å²) >= 11 is 3.34. The molecule has 1 aliphatic heterocycles. The van der Waals surface area contributed by atoms with Gasteiger partial charge < -0.3 is 15.4 Å². The van der Waals surface area contributed by atoms with Crippen LogP contribution < -0.4 is 10.6 Å². The molecule has 1 aromatic rings. The third-order valence-electron chi connectivity index (χ3n) is 5.31. The zero-order chi connectivity index (χ0) is 19.2. The van der Waals surface area contributed by atoms with Crippen LogP contribution in [0.4, 0.5) is 0 Å². The van der Waals surface area contributed by atoms with E-state index in [1.54, 1.807) is 24.3 Å². The van der Waals surface area contributed by atoms with Gasteiger partial charge in [0.25, 0.3) is 5.91 Å². The average molecular weight is 437 g/mol. The first-order chi connectivity index (χ1) is 13.0. The Hall–Kier alpha value is -1.73. The molecule has 2 fully saturated rings. The van der Waals surface area contributed by atoms with Crippen molar-refractivity contribution in [2.24, 2.45) is 5.92 Å². The second kappa shape index (κ2) is 9.46. The van der Waals surface area contributed by atoms with E-state index in [0.717, 1.165) is 49.5 Å². The fourth-order valence-corrected chi connectivity index (χ4v) is 4.05. The van der Waals surface area contributed by atoms with Crippen LogP contribution in [0.3, 0.4) is 0 Å². The van der Waals surface area contributed by atoms with Crippen molar-refractivity contribution in [2.45, 2.75) is 57.0 Å². The monoisotopic (exact) mass is 436 g/mol. The smallest absolute Gasteiger partial charge is 0.336 e. The molecular formula is C20H25BrN2O4. The standard InChI is InChI=1S/C20H25BrN2O4/c21-15-10-8-14(9-11-15)18(24)23-17(13-5-2-1-3-6-13)20(26)27-19(25)16-7-4-12-22-16/h8-11,13,16-17,22H,1-7,12H2,(H,23,24)/t16-,17?/m0/s1. The Kier molecular flexibility index (Phi) is 7.01. The van der Waals surface area contributed by atoms with Crippen LogP contribution in [0.5, 0.6) is 0 Å². The van der Waals surface area contributed by atoms with E-state index in [0.29, 0.717) is 12.0 Å². The summed E-state index contributed by atoms with van der Waals surface area (Å²) in [6.07, 6.45) is 6.41. The van der Waals surface area contributed by atoms with E-state index in [-0.39, 0.29) is 11.8 Å². The molecule has 1 heterocycles. The Morgan fingerprint density at radius 1 is 1.04 bits per heavy atom. The Labute approximate surface area is 167 Å². The molecule has 146 valence electrons. The molecule has 1 saturated heterocycles. The quantitative estimate of drug-likeness (QED) is 0.547. The van der Waals surface area contributed by atoms with E-state index in [9.17, 15) is 14.4 Å². The summed E-state index contributed by atoms with van der Waals surface area (Å²) < 4.78 is 6.02. The number of rotatable bonds is 5. The van der Waals surface area contributed by atoms with Crippen LogP contribution in [0.15, 0.2) is 28.7 Å². The molecule has 0 spiro atoms. The van der Waals surface area contributed by atoms with Gasteiger partial charge in [0.2, 0.25) is 0 Å². The van der Waals surface area contributed by atoms with E-state index >= 15 is 0 Å². The van der Waals surface area contributed by atoms with Crippen molar-refractivity contribution in [3.8, 4) is 0 Å². The van der Waals surface area contributed by atoms with Gasteiger partial charge in [0, 0.05) is 10.0 Å². The van der Waals surface area contributed by atoms with Gasteiger partial charge in [-0.25, -0.2) is 9.59 Å². The Balaban J connectivity index is 1.69. The van der Waals surface area contributed by atoms with Crippen molar-refractivity contribution in [3.63, 3.8) is 0 Å². The van der Waals surface area contributed by atoms with Crippen LogP contribution in [0.25, 0.3) is 0 Å². The van der Waals surface area contributed by atoms with Gasteiger partial charge in [0.15, 0.2) is 0 Å². The van der Waals surface area contributed by atoms with Crippen LogP contribution in [-0.2, 0) is 14.3 Å². The number of hydrogen-bond acceptors (Lipinski definition) is 5. The van der Waals surface area contributed by atoms with Crippen LogP contribution >= 0.6 is 15.9 Å². The molecule has 2 aliphatic rings. The van der Waals surface area contributed by atoms with Gasteiger partial charge in [-0.05, 0) is 62.4 Å². The van der Waals surface area contributed by atoms with Crippen LogP contribution in [0.2, 0.25) is 0 Å². The number of benzene rings is 1. The van der Waals surface area contributed by atoms with Crippen LogP contribution in [-0.4, -0.2) is 36.5 Å². The fraction of sp³-hybridized carbons (Fsp3) is 0.550. The maximum atomic E-state index is 12.7. The minimum absolute atomic E-state index is 0.00464. The second-order valence-corrected chi connectivity index (χ2v) is 8.16. The second-order valence-electron chi connectivity index (χ2n) is 7.25. The lowest BCUT2D eigenvalue weighted by Crippen LogP contribution is -2.49. The zero-order valence-electron chi connectivity index (χ0n) is 15.2. The first-order valence-electron chi connectivity index (χ1n) is 9.60. The SMILES string of the molecule is O=C(NC(C(=O)OC(=O)[C@@H]1CCCN1)C1CCCCC1)c1ccc(Br)cc1. The van der Waals surface area contributed by atoms with Gasteiger partial charge in [0.1, 0.15) is 12.1 Å². The molecule has 1 aliphatic carbocycles. The van der Waals surface area contributed by atoms with E-state index < -0.39 is 24.0 Å².